The van der Waals surface area contributed by atoms with Crippen LogP contribution in [0.3, 0.4) is 0 Å². The standard InChI is InChI=1S/C17H17N3O3S2/c1-3-12-8-13-15(25-12)19-17(24)20(16(13)22)9-14(21)18-10-4-6-11(23-2)7-5-10/h4-8H,3,9H2,1-2H3,(H,18,21)(H,19,24). The van der Waals surface area contributed by atoms with Crippen molar-refractivity contribution in [2.24, 2.45) is 0 Å². The van der Waals surface area contributed by atoms with Crippen LogP contribution in [-0.4, -0.2) is 22.6 Å². The average molecular weight is 375 g/mol. The van der Waals surface area contributed by atoms with Gasteiger partial charge in [-0.1, -0.05) is 6.92 Å². The fraction of sp³-hybridized carbons (Fsp3) is 0.235. The number of aryl methyl sites for hydroxylation is 1. The lowest BCUT2D eigenvalue weighted by atomic mass is 10.3. The van der Waals surface area contributed by atoms with Crippen LogP contribution in [0.4, 0.5) is 5.69 Å². The average Bonchev–Trinajstić information content (AvgIpc) is 3.02. The maximum Gasteiger partial charge on any atom is 0.263 e. The second-order valence-corrected chi connectivity index (χ2v) is 6.93. The highest BCUT2D eigenvalue weighted by Crippen LogP contribution is 2.21. The summed E-state index contributed by atoms with van der Waals surface area (Å²) in [6.07, 6.45) is 0.845. The van der Waals surface area contributed by atoms with Gasteiger partial charge in [-0.25, -0.2) is 0 Å². The number of aromatic amines is 1. The van der Waals surface area contributed by atoms with E-state index in [1.807, 2.05) is 13.0 Å². The van der Waals surface area contributed by atoms with Crippen molar-refractivity contribution >= 4 is 45.4 Å². The van der Waals surface area contributed by atoms with Gasteiger partial charge < -0.3 is 15.0 Å². The van der Waals surface area contributed by atoms with Gasteiger partial charge in [0.1, 0.15) is 17.1 Å². The lowest BCUT2D eigenvalue weighted by Crippen LogP contribution is -2.28. The number of methoxy groups -OCH3 is 1. The van der Waals surface area contributed by atoms with E-state index in [2.05, 4.69) is 10.3 Å². The summed E-state index contributed by atoms with van der Waals surface area (Å²) in [5.74, 6) is 0.378. The maximum atomic E-state index is 12.6. The van der Waals surface area contributed by atoms with Gasteiger partial charge in [-0.3, -0.25) is 14.2 Å². The fourth-order valence-electron chi connectivity index (χ4n) is 2.43. The Morgan fingerprint density at radius 1 is 1.36 bits per heavy atom. The van der Waals surface area contributed by atoms with Crippen molar-refractivity contribution < 1.29 is 9.53 Å². The predicted octanol–water partition coefficient (Wildman–Crippen LogP) is 3.33. The Labute approximate surface area is 153 Å². The van der Waals surface area contributed by atoms with Crippen LogP contribution in [0.25, 0.3) is 10.2 Å². The molecule has 130 valence electrons. The first-order valence-corrected chi connectivity index (χ1v) is 8.93. The highest BCUT2D eigenvalue weighted by molar-refractivity contribution is 7.71. The maximum absolute atomic E-state index is 12.6. The number of rotatable bonds is 5. The summed E-state index contributed by atoms with van der Waals surface area (Å²) >= 11 is 6.76. The van der Waals surface area contributed by atoms with Crippen LogP contribution in [0.1, 0.15) is 11.8 Å². The van der Waals surface area contributed by atoms with E-state index in [-0.39, 0.29) is 22.8 Å². The molecule has 0 saturated carbocycles. The number of aromatic nitrogens is 2. The zero-order valence-electron chi connectivity index (χ0n) is 13.8. The van der Waals surface area contributed by atoms with Crippen molar-refractivity contribution in [3.8, 4) is 5.75 Å². The van der Waals surface area contributed by atoms with Gasteiger partial charge in [0.05, 0.1) is 12.5 Å². The van der Waals surface area contributed by atoms with Gasteiger partial charge in [0.2, 0.25) is 5.91 Å². The number of H-pyrrole nitrogens is 1. The monoisotopic (exact) mass is 375 g/mol. The molecule has 0 bridgehead atoms. The molecular weight excluding hydrogens is 358 g/mol. The zero-order chi connectivity index (χ0) is 18.0. The summed E-state index contributed by atoms with van der Waals surface area (Å²) in [7, 11) is 1.58. The van der Waals surface area contributed by atoms with E-state index < -0.39 is 0 Å². The summed E-state index contributed by atoms with van der Waals surface area (Å²) in [6.45, 7) is 1.88. The molecule has 0 fully saturated rings. The van der Waals surface area contributed by atoms with Crippen LogP contribution in [0.2, 0.25) is 0 Å². The van der Waals surface area contributed by atoms with E-state index in [1.165, 1.54) is 15.9 Å². The minimum absolute atomic E-state index is 0.145. The molecular formula is C17H17N3O3S2. The number of amides is 1. The lowest BCUT2D eigenvalue weighted by molar-refractivity contribution is -0.116. The molecule has 0 aliphatic rings. The third kappa shape index (κ3) is 3.64. The first kappa shape index (κ1) is 17.4. The number of benzene rings is 1. The number of ether oxygens (including phenoxy) is 1. The SMILES string of the molecule is CCc1cc2c(=O)n(CC(=O)Nc3ccc(OC)cc3)c(=S)[nH]c2s1. The van der Waals surface area contributed by atoms with Gasteiger partial charge in [-0.2, -0.15) is 0 Å². The largest absolute Gasteiger partial charge is 0.497 e. The zero-order valence-corrected chi connectivity index (χ0v) is 15.4. The van der Waals surface area contributed by atoms with Gasteiger partial charge >= 0.3 is 0 Å². The Morgan fingerprint density at radius 2 is 2.08 bits per heavy atom. The van der Waals surface area contributed by atoms with Crippen LogP contribution in [-0.2, 0) is 17.8 Å². The number of carbonyl (C=O) groups is 1. The Bertz CT molecular complexity index is 1030. The smallest absolute Gasteiger partial charge is 0.263 e. The molecule has 25 heavy (non-hydrogen) atoms. The summed E-state index contributed by atoms with van der Waals surface area (Å²) in [5.41, 5.74) is 0.373. The third-order valence-corrected chi connectivity index (χ3v) is 5.27. The molecule has 0 unspecified atom stereocenters. The molecule has 0 saturated heterocycles. The van der Waals surface area contributed by atoms with Crippen LogP contribution < -0.4 is 15.6 Å². The minimum Gasteiger partial charge on any atom is -0.497 e. The number of nitrogens with one attached hydrogen (secondary N) is 2. The molecule has 1 aromatic carbocycles. The summed E-state index contributed by atoms with van der Waals surface area (Å²) in [6, 6.07) is 8.81. The van der Waals surface area contributed by atoms with Gasteiger partial charge in [-0.15, -0.1) is 11.3 Å². The number of thiophene rings is 1. The van der Waals surface area contributed by atoms with Crippen LogP contribution in [0.15, 0.2) is 35.1 Å². The van der Waals surface area contributed by atoms with Gasteiger partial charge in [0.25, 0.3) is 5.56 Å². The van der Waals surface area contributed by atoms with Gasteiger partial charge in [-0.05, 0) is 49.0 Å². The summed E-state index contributed by atoms with van der Waals surface area (Å²) in [5, 5.41) is 3.31. The van der Waals surface area contributed by atoms with Crippen molar-refractivity contribution in [3.05, 3.63) is 50.3 Å². The predicted molar refractivity (Wildman–Crippen MR) is 102 cm³/mol. The first-order valence-electron chi connectivity index (χ1n) is 7.71. The molecule has 0 radical (unpaired) electrons. The summed E-state index contributed by atoms with van der Waals surface area (Å²) in [4.78, 5) is 29.8. The Balaban J connectivity index is 1.85. The molecule has 2 heterocycles. The van der Waals surface area contributed by atoms with E-state index in [1.54, 1.807) is 31.4 Å². The van der Waals surface area contributed by atoms with Gasteiger partial charge in [0.15, 0.2) is 4.77 Å². The highest BCUT2D eigenvalue weighted by atomic mass is 32.1. The second-order valence-electron chi connectivity index (χ2n) is 5.41. The van der Waals surface area contributed by atoms with Crippen LogP contribution in [0, 0.1) is 4.77 Å². The van der Waals surface area contributed by atoms with Crippen molar-refractivity contribution in [1.29, 1.82) is 0 Å². The van der Waals surface area contributed by atoms with Crippen LogP contribution >= 0.6 is 23.6 Å². The number of hydrogen-bond donors (Lipinski definition) is 2. The minimum atomic E-state index is -0.322. The Morgan fingerprint density at radius 3 is 2.72 bits per heavy atom. The molecule has 3 rings (SSSR count). The van der Waals surface area contributed by atoms with E-state index in [0.29, 0.717) is 16.8 Å². The number of hydrogen-bond acceptors (Lipinski definition) is 5. The molecule has 1 amide bonds. The topological polar surface area (TPSA) is 76.1 Å². The van der Waals surface area contributed by atoms with Crippen molar-refractivity contribution in [3.63, 3.8) is 0 Å². The van der Waals surface area contributed by atoms with Crippen molar-refractivity contribution in [2.45, 2.75) is 19.9 Å². The Kier molecular flexibility index (Phi) is 5.00. The molecule has 2 aromatic heterocycles. The Hall–Kier alpha value is -2.45. The molecule has 2 N–H and O–H groups in total. The lowest BCUT2D eigenvalue weighted by Gasteiger charge is -2.08. The highest BCUT2D eigenvalue weighted by Gasteiger charge is 2.12. The molecule has 0 aliphatic carbocycles. The molecule has 6 nitrogen and oxygen atoms in total. The van der Waals surface area contributed by atoms with E-state index >= 15 is 0 Å². The number of fused-ring (bicyclic) bond motifs is 1. The molecule has 0 atom stereocenters. The molecule has 3 aromatic rings. The number of carbonyl (C=O) groups excluding carboxylic acids is 1. The van der Waals surface area contributed by atoms with Crippen LogP contribution in [0.5, 0.6) is 5.75 Å². The normalized spacial score (nSPS) is 10.8. The summed E-state index contributed by atoms with van der Waals surface area (Å²) < 4.78 is 6.60. The number of nitrogens with zero attached hydrogens (tertiary/aromatic N) is 1. The van der Waals surface area contributed by atoms with Gasteiger partial charge in [0, 0.05) is 10.6 Å². The van der Waals surface area contributed by atoms with Crippen molar-refractivity contribution in [2.75, 3.05) is 12.4 Å². The fourth-order valence-corrected chi connectivity index (χ4v) is 3.73. The van der Waals surface area contributed by atoms with Crippen molar-refractivity contribution in [1.82, 2.24) is 9.55 Å². The quantitative estimate of drug-likeness (QED) is 0.671. The molecule has 8 heteroatoms. The number of anilines is 1. The van der Waals surface area contributed by atoms with E-state index in [0.717, 1.165) is 16.1 Å². The molecule has 0 aliphatic heterocycles. The first-order chi connectivity index (χ1) is 12.0. The third-order valence-electron chi connectivity index (χ3n) is 3.75. The molecule has 0 spiro atoms. The van der Waals surface area contributed by atoms with E-state index in [4.69, 9.17) is 17.0 Å². The second kappa shape index (κ2) is 7.20. The van der Waals surface area contributed by atoms with E-state index in [9.17, 15) is 9.59 Å².